The Morgan fingerprint density at radius 2 is 2.09 bits per heavy atom. The van der Waals surface area contributed by atoms with Crippen LogP contribution in [-0.4, -0.2) is 22.9 Å². The van der Waals surface area contributed by atoms with Crippen LogP contribution >= 0.6 is 0 Å². The molecule has 116 valence electrons. The van der Waals surface area contributed by atoms with Gasteiger partial charge in [0.1, 0.15) is 5.82 Å². The lowest BCUT2D eigenvalue weighted by Gasteiger charge is -2.15. The Bertz CT molecular complexity index is 893. The molecule has 0 unspecified atom stereocenters. The Morgan fingerprint density at radius 3 is 2.83 bits per heavy atom. The highest BCUT2D eigenvalue weighted by Gasteiger charge is 2.32. The lowest BCUT2D eigenvalue weighted by molar-refractivity contribution is -0.119. The van der Waals surface area contributed by atoms with E-state index in [0.29, 0.717) is 5.82 Å². The maximum absolute atomic E-state index is 12.2. The van der Waals surface area contributed by atoms with Gasteiger partial charge in [0.25, 0.3) is 0 Å². The van der Waals surface area contributed by atoms with Crippen molar-refractivity contribution in [3.8, 4) is 11.3 Å². The summed E-state index contributed by atoms with van der Waals surface area (Å²) in [5.41, 5.74) is 4.46. The number of fused-ring (bicyclic) bond motifs is 1. The first kappa shape index (κ1) is 14.0. The summed E-state index contributed by atoms with van der Waals surface area (Å²) in [6.45, 7) is 2.09. The number of aryl methyl sites for hydroxylation is 1. The first-order valence-corrected chi connectivity index (χ1v) is 7.95. The molecule has 4 nitrogen and oxygen atoms in total. The highest BCUT2D eigenvalue weighted by Crippen LogP contribution is 2.32. The van der Waals surface area contributed by atoms with Crippen molar-refractivity contribution in [2.75, 3.05) is 11.9 Å². The van der Waals surface area contributed by atoms with E-state index in [2.05, 4.69) is 47.2 Å². The number of aromatic nitrogens is 2. The second-order valence-electron chi connectivity index (χ2n) is 6.35. The average molecular weight is 305 g/mol. The number of nitrogens with zero attached hydrogens (tertiary/aromatic N) is 2. The Hall–Kier alpha value is -2.62. The highest BCUT2D eigenvalue weighted by atomic mass is 16.2. The fourth-order valence-electron chi connectivity index (χ4n) is 2.88. The number of rotatable bonds is 3. The zero-order valence-corrected chi connectivity index (χ0v) is 13.3. The van der Waals surface area contributed by atoms with E-state index in [9.17, 15) is 4.79 Å². The van der Waals surface area contributed by atoms with Gasteiger partial charge in [-0.3, -0.25) is 9.69 Å². The van der Waals surface area contributed by atoms with Crippen LogP contribution in [0, 0.1) is 12.8 Å². The molecule has 0 saturated heterocycles. The maximum atomic E-state index is 12.2. The van der Waals surface area contributed by atoms with Crippen molar-refractivity contribution in [2.24, 2.45) is 5.92 Å². The maximum Gasteiger partial charge on any atom is 0.230 e. The van der Waals surface area contributed by atoms with E-state index >= 15 is 0 Å². The summed E-state index contributed by atoms with van der Waals surface area (Å²) >= 11 is 0. The average Bonchev–Trinajstić information content (AvgIpc) is 3.31. The van der Waals surface area contributed by atoms with E-state index < -0.39 is 0 Å². The highest BCUT2D eigenvalue weighted by molar-refractivity contribution is 5.97. The number of H-pyrrole nitrogens is 1. The molecule has 4 heteroatoms. The topological polar surface area (TPSA) is 49.0 Å². The summed E-state index contributed by atoms with van der Waals surface area (Å²) < 4.78 is 0. The molecule has 1 amide bonds. The van der Waals surface area contributed by atoms with Crippen LogP contribution in [0.2, 0.25) is 0 Å². The van der Waals surface area contributed by atoms with Gasteiger partial charge in [0.05, 0.1) is 5.52 Å². The summed E-state index contributed by atoms with van der Waals surface area (Å²) in [6, 6.07) is 12.4. The van der Waals surface area contributed by atoms with Crippen LogP contribution < -0.4 is 4.90 Å². The van der Waals surface area contributed by atoms with Gasteiger partial charge in [-0.25, -0.2) is 4.98 Å². The van der Waals surface area contributed by atoms with Gasteiger partial charge < -0.3 is 4.98 Å². The van der Waals surface area contributed by atoms with Crippen molar-refractivity contribution < 1.29 is 4.79 Å². The van der Waals surface area contributed by atoms with Crippen LogP contribution in [0.4, 0.5) is 5.82 Å². The number of amides is 1. The van der Waals surface area contributed by atoms with E-state index in [1.54, 1.807) is 11.9 Å². The minimum atomic E-state index is 0.169. The predicted octanol–water partition coefficient (Wildman–Crippen LogP) is 3.91. The molecule has 1 aliphatic carbocycles. The molecule has 4 rings (SSSR count). The normalized spacial score (nSPS) is 14.2. The summed E-state index contributed by atoms with van der Waals surface area (Å²) in [6.07, 6.45) is 3.84. The number of pyridine rings is 1. The SMILES string of the molecule is Cc1cccc(-c2cc3cnc(N(C)C(=O)C4CC4)cc3[nH]2)c1. The quantitative estimate of drug-likeness (QED) is 0.797. The Kier molecular flexibility index (Phi) is 3.18. The molecule has 0 atom stereocenters. The zero-order valence-electron chi connectivity index (χ0n) is 13.3. The fraction of sp³-hybridized carbons (Fsp3) is 0.263. The molecule has 23 heavy (non-hydrogen) atoms. The van der Waals surface area contributed by atoms with Crippen molar-refractivity contribution in [1.29, 1.82) is 0 Å². The van der Waals surface area contributed by atoms with Crippen molar-refractivity contribution in [1.82, 2.24) is 9.97 Å². The van der Waals surface area contributed by atoms with E-state index in [4.69, 9.17) is 0 Å². The van der Waals surface area contributed by atoms with Gasteiger partial charge in [0, 0.05) is 36.3 Å². The van der Waals surface area contributed by atoms with Crippen LogP contribution in [0.3, 0.4) is 0 Å². The van der Waals surface area contributed by atoms with Crippen molar-refractivity contribution >= 4 is 22.6 Å². The molecule has 0 aliphatic heterocycles. The Morgan fingerprint density at radius 1 is 1.26 bits per heavy atom. The van der Waals surface area contributed by atoms with E-state index in [-0.39, 0.29) is 11.8 Å². The smallest absolute Gasteiger partial charge is 0.230 e. The zero-order chi connectivity index (χ0) is 16.0. The lowest BCUT2D eigenvalue weighted by Crippen LogP contribution is -2.28. The number of anilines is 1. The van der Waals surface area contributed by atoms with E-state index in [0.717, 1.165) is 35.0 Å². The molecule has 1 fully saturated rings. The minimum Gasteiger partial charge on any atom is -0.354 e. The largest absolute Gasteiger partial charge is 0.354 e. The fourth-order valence-corrected chi connectivity index (χ4v) is 2.88. The molecule has 1 aliphatic rings. The standard InChI is InChI=1S/C19H19N3O/c1-12-4-3-5-14(8-12)16-9-15-11-20-18(10-17(15)21-16)22(2)19(23)13-6-7-13/h3-5,8-11,13,21H,6-7H2,1-2H3. The van der Waals surface area contributed by atoms with E-state index in [1.165, 1.54) is 5.56 Å². The summed E-state index contributed by atoms with van der Waals surface area (Å²) in [5, 5.41) is 1.05. The number of benzene rings is 1. The number of nitrogens with one attached hydrogen (secondary N) is 1. The second kappa shape index (κ2) is 5.23. The van der Waals surface area contributed by atoms with Crippen LogP contribution in [0.25, 0.3) is 22.2 Å². The second-order valence-corrected chi connectivity index (χ2v) is 6.35. The third kappa shape index (κ3) is 2.61. The molecule has 1 saturated carbocycles. The molecular formula is C19H19N3O. The van der Waals surface area contributed by atoms with Crippen molar-refractivity contribution in [2.45, 2.75) is 19.8 Å². The van der Waals surface area contributed by atoms with Gasteiger partial charge in [-0.05, 0) is 37.5 Å². The first-order valence-electron chi connectivity index (χ1n) is 7.95. The summed E-state index contributed by atoms with van der Waals surface area (Å²) in [7, 11) is 1.80. The molecule has 2 heterocycles. The minimum absolute atomic E-state index is 0.169. The van der Waals surface area contributed by atoms with Gasteiger partial charge in [-0.15, -0.1) is 0 Å². The van der Waals surface area contributed by atoms with Gasteiger partial charge >= 0.3 is 0 Å². The lowest BCUT2D eigenvalue weighted by atomic mass is 10.1. The van der Waals surface area contributed by atoms with Gasteiger partial charge in [0.2, 0.25) is 5.91 Å². The summed E-state index contributed by atoms with van der Waals surface area (Å²) in [4.78, 5) is 21.7. The van der Waals surface area contributed by atoms with Crippen LogP contribution in [0.15, 0.2) is 42.6 Å². The third-order valence-electron chi connectivity index (χ3n) is 4.42. The molecule has 0 spiro atoms. The number of carbonyl (C=O) groups is 1. The molecule has 2 aromatic heterocycles. The van der Waals surface area contributed by atoms with Gasteiger partial charge in [0.15, 0.2) is 0 Å². The Labute approximate surface area is 135 Å². The molecule has 3 aromatic rings. The molecule has 0 radical (unpaired) electrons. The van der Waals surface area contributed by atoms with E-state index in [1.807, 2.05) is 12.3 Å². The third-order valence-corrected chi connectivity index (χ3v) is 4.42. The van der Waals surface area contributed by atoms with Gasteiger partial charge in [-0.2, -0.15) is 0 Å². The molecule has 1 aromatic carbocycles. The van der Waals surface area contributed by atoms with Crippen molar-refractivity contribution in [3.63, 3.8) is 0 Å². The number of hydrogen-bond donors (Lipinski definition) is 1. The van der Waals surface area contributed by atoms with Crippen LogP contribution in [0.5, 0.6) is 0 Å². The molecule has 0 bridgehead atoms. The summed E-state index contributed by atoms with van der Waals surface area (Å²) in [5.74, 6) is 1.07. The predicted molar refractivity (Wildman–Crippen MR) is 92.4 cm³/mol. The molecular weight excluding hydrogens is 286 g/mol. The number of carbonyl (C=O) groups excluding carboxylic acids is 1. The van der Waals surface area contributed by atoms with Crippen molar-refractivity contribution in [3.05, 3.63) is 48.2 Å². The Balaban J connectivity index is 1.70. The number of hydrogen-bond acceptors (Lipinski definition) is 2. The molecule has 1 N–H and O–H groups in total. The van der Waals surface area contributed by atoms with Crippen LogP contribution in [-0.2, 0) is 4.79 Å². The van der Waals surface area contributed by atoms with Crippen LogP contribution in [0.1, 0.15) is 18.4 Å². The van der Waals surface area contributed by atoms with Gasteiger partial charge in [-0.1, -0.05) is 23.8 Å². The first-order chi connectivity index (χ1) is 11.1. The number of aromatic amines is 1. The monoisotopic (exact) mass is 305 g/mol.